The first-order valence-electron chi connectivity index (χ1n) is 10.7. The van der Waals surface area contributed by atoms with Crippen LogP contribution in [0.1, 0.15) is 38.7 Å². The summed E-state index contributed by atoms with van der Waals surface area (Å²) in [5.41, 5.74) is 1.64. The number of nitrogens with zero attached hydrogens (tertiary/aromatic N) is 3. The molecular formula is C22H36IN5O. The molecule has 1 amide bonds. The van der Waals surface area contributed by atoms with Gasteiger partial charge in [-0.05, 0) is 25.3 Å². The van der Waals surface area contributed by atoms with E-state index < -0.39 is 0 Å². The van der Waals surface area contributed by atoms with Gasteiger partial charge in [0.05, 0.1) is 6.54 Å². The van der Waals surface area contributed by atoms with Crippen LogP contribution in [0.25, 0.3) is 0 Å². The molecule has 1 saturated heterocycles. The predicted octanol–water partition coefficient (Wildman–Crippen LogP) is 2.45. The van der Waals surface area contributed by atoms with Crippen molar-refractivity contribution < 1.29 is 4.79 Å². The first kappa shape index (κ1) is 23.9. The lowest BCUT2D eigenvalue weighted by molar-refractivity contribution is -0.130. The van der Waals surface area contributed by atoms with E-state index in [2.05, 4.69) is 52.8 Å². The Kier molecular flexibility index (Phi) is 9.68. The molecule has 0 bridgehead atoms. The molecular weight excluding hydrogens is 477 g/mol. The zero-order valence-electron chi connectivity index (χ0n) is 17.8. The summed E-state index contributed by atoms with van der Waals surface area (Å²) in [6, 6.07) is 10.8. The average Bonchev–Trinajstić information content (AvgIpc) is 2.68. The van der Waals surface area contributed by atoms with Gasteiger partial charge in [-0.3, -0.25) is 14.7 Å². The third-order valence-corrected chi connectivity index (χ3v) is 6.12. The van der Waals surface area contributed by atoms with Crippen LogP contribution < -0.4 is 10.6 Å². The maximum Gasteiger partial charge on any atom is 0.219 e. The molecule has 0 unspecified atom stereocenters. The predicted molar refractivity (Wildman–Crippen MR) is 130 cm³/mol. The zero-order valence-corrected chi connectivity index (χ0v) is 20.2. The number of aliphatic imine (C=N–C) groups is 1. The molecule has 0 spiro atoms. The van der Waals surface area contributed by atoms with E-state index in [-0.39, 0.29) is 35.3 Å². The van der Waals surface area contributed by atoms with Gasteiger partial charge in [-0.2, -0.15) is 0 Å². The lowest BCUT2D eigenvalue weighted by Crippen LogP contribution is -2.50. The Labute approximate surface area is 192 Å². The third-order valence-electron chi connectivity index (χ3n) is 6.12. The molecule has 1 aliphatic carbocycles. The van der Waals surface area contributed by atoms with Crippen molar-refractivity contribution in [3.8, 4) is 0 Å². The van der Waals surface area contributed by atoms with Gasteiger partial charge in [-0.15, -0.1) is 24.0 Å². The largest absolute Gasteiger partial charge is 0.357 e. The summed E-state index contributed by atoms with van der Waals surface area (Å²) in [5, 5.41) is 6.87. The highest BCUT2D eigenvalue weighted by atomic mass is 127. The highest BCUT2D eigenvalue weighted by Gasteiger charge is 2.38. The van der Waals surface area contributed by atoms with E-state index >= 15 is 0 Å². The number of nitrogens with one attached hydrogen (secondary N) is 2. The van der Waals surface area contributed by atoms with Gasteiger partial charge >= 0.3 is 0 Å². The minimum absolute atomic E-state index is 0. The lowest BCUT2D eigenvalue weighted by atomic mass is 9.64. The van der Waals surface area contributed by atoms with E-state index in [1.54, 1.807) is 6.92 Å². The fourth-order valence-corrected chi connectivity index (χ4v) is 4.12. The van der Waals surface area contributed by atoms with Gasteiger partial charge in [0.1, 0.15) is 0 Å². The number of amides is 1. The van der Waals surface area contributed by atoms with Crippen LogP contribution in [0.5, 0.6) is 0 Å². The number of hydrogen-bond acceptors (Lipinski definition) is 3. The molecule has 2 fully saturated rings. The van der Waals surface area contributed by atoms with Crippen molar-refractivity contribution in [2.24, 2.45) is 4.99 Å². The van der Waals surface area contributed by atoms with Crippen molar-refractivity contribution in [1.82, 2.24) is 20.4 Å². The molecule has 1 aliphatic heterocycles. The quantitative estimate of drug-likeness (QED) is 0.334. The van der Waals surface area contributed by atoms with Crippen molar-refractivity contribution >= 4 is 35.8 Å². The van der Waals surface area contributed by atoms with Gasteiger partial charge in [0, 0.05) is 58.2 Å². The Morgan fingerprint density at radius 3 is 2.34 bits per heavy atom. The van der Waals surface area contributed by atoms with Crippen molar-refractivity contribution in [2.45, 2.75) is 38.5 Å². The Hall–Kier alpha value is -1.35. The van der Waals surface area contributed by atoms with E-state index in [9.17, 15) is 4.79 Å². The molecule has 1 heterocycles. The van der Waals surface area contributed by atoms with Crippen LogP contribution in [0.15, 0.2) is 35.3 Å². The van der Waals surface area contributed by atoms with Crippen LogP contribution in [0.3, 0.4) is 0 Å². The molecule has 2 aliphatic rings. The molecule has 0 radical (unpaired) electrons. The number of hydrogen-bond donors (Lipinski definition) is 2. The summed E-state index contributed by atoms with van der Waals surface area (Å²) in [7, 11) is 0. The number of rotatable bonds is 7. The molecule has 2 N–H and O–H groups in total. The van der Waals surface area contributed by atoms with Crippen LogP contribution in [-0.4, -0.2) is 74.0 Å². The molecule has 6 nitrogen and oxygen atoms in total. The summed E-state index contributed by atoms with van der Waals surface area (Å²) < 4.78 is 0. The molecule has 29 heavy (non-hydrogen) atoms. The zero-order chi connectivity index (χ0) is 19.8. The van der Waals surface area contributed by atoms with E-state index in [0.29, 0.717) is 0 Å². The second-order valence-corrected chi connectivity index (χ2v) is 7.97. The molecule has 162 valence electrons. The van der Waals surface area contributed by atoms with E-state index in [1.807, 2.05) is 4.90 Å². The smallest absolute Gasteiger partial charge is 0.219 e. The van der Waals surface area contributed by atoms with Gasteiger partial charge in [0.2, 0.25) is 5.91 Å². The van der Waals surface area contributed by atoms with E-state index in [4.69, 9.17) is 4.99 Å². The second-order valence-electron chi connectivity index (χ2n) is 7.97. The SMILES string of the molecule is CCNC(=NCC1(c2ccccc2)CCC1)NCCN1CCN(C(C)=O)CC1.I. The first-order valence-corrected chi connectivity index (χ1v) is 10.7. The minimum atomic E-state index is 0. The van der Waals surface area contributed by atoms with Crippen LogP contribution in [0, 0.1) is 0 Å². The van der Waals surface area contributed by atoms with Gasteiger partial charge in [-0.25, -0.2) is 0 Å². The Morgan fingerprint density at radius 2 is 1.79 bits per heavy atom. The van der Waals surface area contributed by atoms with Crippen molar-refractivity contribution in [3.05, 3.63) is 35.9 Å². The molecule has 1 aromatic rings. The Bertz CT molecular complexity index is 654. The fourth-order valence-electron chi connectivity index (χ4n) is 4.12. The highest BCUT2D eigenvalue weighted by molar-refractivity contribution is 14.0. The second kappa shape index (κ2) is 11.7. The van der Waals surface area contributed by atoms with E-state index in [0.717, 1.165) is 58.3 Å². The van der Waals surface area contributed by atoms with Gasteiger partial charge in [0.25, 0.3) is 0 Å². The van der Waals surface area contributed by atoms with Crippen molar-refractivity contribution in [3.63, 3.8) is 0 Å². The Morgan fingerprint density at radius 1 is 1.10 bits per heavy atom. The van der Waals surface area contributed by atoms with Crippen molar-refractivity contribution in [2.75, 3.05) is 52.4 Å². The summed E-state index contributed by atoms with van der Waals surface area (Å²) >= 11 is 0. The molecule has 7 heteroatoms. The maximum absolute atomic E-state index is 11.4. The lowest BCUT2D eigenvalue weighted by Gasteiger charge is -2.41. The molecule has 0 atom stereocenters. The number of benzene rings is 1. The van der Waals surface area contributed by atoms with E-state index in [1.165, 1.54) is 24.8 Å². The molecule has 1 aromatic carbocycles. The third kappa shape index (κ3) is 6.57. The molecule has 0 aromatic heterocycles. The van der Waals surface area contributed by atoms with Gasteiger partial charge < -0.3 is 15.5 Å². The molecule has 1 saturated carbocycles. The summed E-state index contributed by atoms with van der Waals surface area (Å²) in [6.07, 6.45) is 3.74. The number of carbonyl (C=O) groups excluding carboxylic acids is 1. The maximum atomic E-state index is 11.4. The monoisotopic (exact) mass is 513 g/mol. The number of piperazine rings is 1. The van der Waals surface area contributed by atoms with Crippen molar-refractivity contribution in [1.29, 1.82) is 0 Å². The van der Waals surface area contributed by atoms with Crippen LogP contribution >= 0.6 is 24.0 Å². The van der Waals surface area contributed by atoms with Gasteiger partial charge in [-0.1, -0.05) is 36.8 Å². The van der Waals surface area contributed by atoms with Crippen LogP contribution in [-0.2, 0) is 10.2 Å². The van der Waals surface area contributed by atoms with Crippen LogP contribution in [0.4, 0.5) is 0 Å². The Balaban J connectivity index is 0.00000300. The van der Waals surface area contributed by atoms with Gasteiger partial charge in [0.15, 0.2) is 5.96 Å². The normalized spacial score (nSPS) is 19.1. The summed E-state index contributed by atoms with van der Waals surface area (Å²) in [5.74, 6) is 1.09. The topological polar surface area (TPSA) is 60.0 Å². The average molecular weight is 513 g/mol. The standard InChI is InChI=1S/C22H35N5O.HI/c1-3-23-21(24-12-13-26-14-16-27(17-15-26)19(2)28)25-18-22(10-7-11-22)20-8-5-4-6-9-20;/h4-6,8-9H,3,7,10-18H2,1-2H3,(H2,23,24,25);1H. The number of halogens is 1. The van der Waals surface area contributed by atoms with Crippen LogP contribution in [0.2, 0.25) is 0 Å². The number of carbonyl (C=O) groups is 1. The molecule has 3 rings (SSSR count). The highest BCUT2D eigenvalue weighted by Crippen LogP contribution is 2.43. The number of guanidine groups is 1. The fraction of sp³-hybridized carbons (Fsp3) is 0.636. The summed E-state index contributed by atoms with van der Waals surface area (Å²) in [6.45, 7) is 10.9. The minimum Gasteiger partial charge on any atom is -0.357 e. The first-order chi connectivity index (χ1) is 13.6. The summed E-state index contributed by atoms with van der Waals surface area (Å²) in [4.78, 5) is 20.7.